The molecule has 0 atom stereocenters. The number of fused-ring (bicyclic) bond motifs is 1. The third kappa shape index (κ3) is 3.20. The second kappa shape index (κ2) is 5.55. The van der Waals surface area contributed by atoms with Crippen molar-refractivity contribution in [1.29, 1.82) is 0 Å². The molecule has 20 heavy (non-hydrogen) atoms. The van der Waals surface area contributed by atoms with E-state index in [1.165, 1.54) is 11.3 Å². The molecule has 0 fully saturated rings. The average Bonchev–Trinajstić information content (AvgIpc) is 2.80. The minimum absolute atomic E-state index is 0.0223. The van der Waals surface area contributed by atoms with Crippen molar-refractivity contribution in [2.75, 3.05) is 0 Å². The summed E-state index contributed by atoms with van der Waals surface area (Å²) in [5, 5.41) is 0. The number of para-hydroxylation sites is 1. The number of hydrogen-bond donors (Lipinski definition) is 0. The quantitative estimate of drug-likeness (QED) is 0.683. The molecule has 2 aromatic carbocycles. The molecule has 3 aromatic rings. The van der Waals surface area contributed by atoms with Crippen LogP contribution in [0, 0.1) is 0 Å². The van der Waals surface area contributed by atoms with E-state index in [-0.39, 0.29) is 5.75 Å². The van der Waals surface area contributed by atoms with E-state index in [1.54, 1.807) is 0 Å². The minimum Gasteiger partial charge on any atom is -0.229 e. The van der Waals surface area contributed by atoms with Crippen LogP contribution >= 0.6 is 22.1 Å². The molecule has 0 N–H and O–H groups in total. The third-order valence-electron chi connectivity index (χ3n) is 2.66. The van der Waals surface area contributed by atoms with Crippen molar-refractivity contribution in [3.63, 3.8) is 0 Å². The molecule has 0 aliphatic heterocycles. The molecule has 0 unspecified atom stereocenters. The predicted octanol–water partition coefficient (Wildman–Crippen LogP) is 3.92. The van der Waals surface area contributed by atoms with Crippen LogP contribution in [0.25, 0.3) is 10.2 Å². The SMILES string of the molecule is O=S(=O)(Cc1ccccc1)Sc1nc2ccccc2s1. The molecule has 3 rings (SSSR count). The Hall–Kier alpha value is -1.37. The van der Waals surface area contributed by atoms with Crippen molar-refractivity contribution in [3.05, 3.63) is 60.2 Å². The lowest BCUT2D eigenvalue weighted by atomic mass is 10.2. The van der Waals surface area contributed by atoms with Crippen molar-refractivity contribution in [3.8, 4) is 0 Å². The maximum absolute atomic E-state index is 12.2. The first-order chi connectivity index (χ1) is 9.62. The van der Waals surface area contributed by atoms with Gasteiger partial charge in [0.25, 0.3) is 0 Å². The van der Waals surface area contributed by atoms with Gasteiger partial charge in [0.2, 0.25) is 8.87 Å². The Kier molecular flexibility index (Phi) is 3.78. The summed E-state index contributed by atoms with van der Waals surface area (Å²) < 4.78 is 25.9. The Morgan fingerprint density at radius 1 is 1.00 bits per heavy atom. The smallest absolute Gasteiger partial charge is 0.212 e. The summed E-state index contributed by atoms with van der Waals surface area (Å²) in [7, 11) is -2.42. The lowest BCUT2D eigenvalue weighted by Crippen LogP contribution is -1.98. The molecule has 6 heteroatoms. The first-order valence-electron chi connectivity index (χ1n) is 5.94. The molecule has 0 radical (unpaired) electrons. The monoisotopic (exact) mass is 321 g/mol. The second-order valence-corrected chi connectivity index (χ2v) is 9.49. The van der Waals surface area contributed by atoms with Crippen LogP contribution in [-0.2, 0) is 14.6 Å². The Balaban J connectivity index is 1.82. The predicted molar refractivity (Wildman–Crippen MR) is 84.5 cm³/mol. The Morgan fingerprint density at radius 3 is 2.45 bits per heavy atom. The molecule has 0 aliphatic carbocycles. The number of nitrogens with zero attached hydrogens (tertiary/aromatic N) is 1. The van der Waals surface area contributed by atoms with Crippen LogP contribution in [0.5, 0.6) is 0 Å². The molecule has 1 aromatic heterocycles. The number of rotatable bonds is 4. The lowest BCUT2D eigenvalue weighted by molar-refractivity contribution is 0.609. The number of aromatic nitrogens is 1. The molecule has 0 saturated heterocycles. The summed E-state index contributed by atoms with van der Waals surface area (Å²) in [6, 6.07) is 16.8. The fraction of sp³-hybridized carbons (Fsp3) is 0.0714. The molecule has 0 saturated carbocycles. The van der Waals surface area contributed by atoms with E-state index in [9.17, 15) is 8.42 Å². The highest BCUT2D eigenvalue weighted by Crippen LogP contribution is 2.34. The third-order valence-corrected chi connectivity index (χ3v) is 7.07. The Labute approximate surface area is 125 Å². The van der Waals surface area contributed by atoms with E-state index in [2.05, 4.69) is 4.98 Å². The lowest BCUT2D eigenvalue weighted by Gasteiger charge is -2.01. The molecule has 0 bridgehead atoms. The highest BCUT2D eigenvalue weighted by Gasteiger charge is 2.17. The summed E-state index contributed by atoms with van der Waals surface area (Å²) in [5.41, 5.74) is 1.64. The zero-order valence-electron chi connectivity index (χ0n) is 10.4. The van der Waals surface area contributed by atoms with Crippen molar-refractivity contribution < 1.29 is 8.42 Å². The van der Waals surface area contributed by atoms with Crippen LogP contribution < -0.4 is 0 Å². The molecule has 0 amide bonds. The highest BCUT2D eigenvalue weighted by atomic mass is 33.1. The summed E-state index contributed by atoms with van der Waals surface area (Å²) in [4.78, 5) is 4.34. The summed E-state index contributed by atoms with van der Waals surface area (Å²) in [5.74, 6) is 0.0223. The average molecular weight is 321 g/mol. The van der Waals surface area contributed by atoms with Gasteiger partial charge in [0.15, 0.2) is 4.34 Å². The molecule has 1 heterocycles. The van der Waals surface area contributed by atoms with Gasteiger partial charge in [0, 0.05) is 10.8 Å². The van der Waals surface area contributed by atoms with Gasteiger partial charge >= 0.3 is 0 Å². The van der Waals surface area contributed by atoms with Crippen molar-refractivity contribution >= 4 is 41.2 Å². The Bertz CT molecular complexity index is 793. The van der Waals surface area contributed by atoms with E-state index >= 15 is 0 Å². The van der Waals surface area contributed by atoms with E-state index in [0.717, 1.165) is 26.6 Å². The van der Waals surface area contributed by atoms with Gasteiger partial charge < -0.3 is 0 Å². The van der Waals surface area contributed by atoms with Gasteiger partial charge in [-0.25, -0.2) is 13.4 Å². The van der Waals surface area contributed by atoms with Crippen LogP contribution in [0.2, 0.25) is 0 Å². The molecular weight excluding hydrogens is 310 g/mol. The van der Waals surface area contributed by atoms with Gasteiger partial charge in [0.1, 0.15) is 0 Å². The van der Waals surface area contributed by atoms with Gasteiger partial charge in [-0.2, -0.15) is 0 Å². The molecule has 0 spiro atoms. The molecule has 0 aliphatic rings. The number of benzene rings is 2. The fourth-order valence-corrected chi connectivity index (χ4v) is 6.51. The standard InChI is InChI=1S/C14H11NO2S3/c16-20(17,10-11-6-2-1-3-7-11)19-14-15-12-8-4-5-9-13(12)18-14/h1-9H,10H2. The number of thiazole rings is 1. The minimum atomic E-state index is -3.27. The van der Waals surface area contributed by atoms with Gasteiger partial charge in [-0.1, -0.05) is 42.5 Å². The van der Waals surface area contributed by atoms with Gasteiger partial charge in [-0.05, 0) is 17.7 Å². The topological polar surface area (TPSA) is 47.0 Å². The first-order valence-corrected chi connectivity index (χ1v) is 9.74. The maximum atomic E-state index is 12.2. The van der Waals surface area contributed by atoms with Crippen LogP contribution in [0.1, 0.15) is 5.56 Å². The van der Waals surface area contributed by atoms with Crippen molar-refractivity contribution in [2.45, 2.75) is 10.1 Å². The van der Waals surface area contributed by atoms with E-state index < -0.39 is 8.87 Å². The highest BCUT2D eigenvalue weighted by molar-refractivity contribution is 8.72. The van der Waals surface area contributed by atoms with Gasteiger partial charge in [0.05, 0.1) is 16.0 Å². The molecule has 3 nitrogen and oxygen atoms in total. The summed E-state index contributed by atoms with van der Waals surface area (Å²) in [6.45, 7) is 0. The van der Waals surface area contributed by atoms with Gasteiger partial charge in [-0.3, -0.25) is 0 Å². The maximum Gasteiger partial charge on any atom is 0.212 e. The van der Waals surface area contributed by atoms with E-state index in [1.807, 2.05) is 54.6 Å². The Morgan fingerprint density at radius 2 is 1.70 bits per heavy atom. The van der Waals surface area contributed by atoms with Crippen molar-refractivity contribution in [2.24, 2.45) is 0 Å². The summed E-state index contributed by atoms with van der Waals surface area (Å²) >= 11 is 1.41. The van der Waals surface area contributed by atoms with E-state index in [0.29, 0.717) is 4.34 Å². The van der Waals surface area contributed by atoms with Gasteiger partial charge in [-0.15, -0.1) is 11.3 Å². The molecular formula is C14H11NO2S3. The normalized spacial score (nSPS) is 11.8. The zero-order valence-corrected chi connectivity index (χ0v) is 12.8. The van der Waals surface area contributed by atoms with Crippen molar-refractivity contribution in [1.82, 2.24) is 4.98 Å². The second-order valence-electron chi connectivity index (χ2n) is 4.22. The van der Waals surface area contributed by atoms with Crippen LogP contribution in [-0.4, -0.2) is 13.4 Å². The summed E-state index contributed by atoms with van der Waals surface area (Å²) in [6.07, 6.45) is 0. The van der Waals surface area contributed by atoms with Crippen LogP contribution in [0.4, 0.5) is 0 Å². The number of hydrogen-bond acceptors (Lipinski definition) is 5. The molecule has 102 valence electrons. The van der Waals surface area contributed by atoms with E-state index in [4.69, 9.17) is 0 Å². The van der Waals surface area contributed by atoms with Crippen LogP contribution in [0.15, 0.2) is 58.9 Å². The zero-order chi connectivity index (χ0) is 14.0. The largest absolute Gasteiger partial charge is 0.229 e. The van der Waals surface area contributed by atoms with Crippen LogP contribution in [0.3, 0.4) is 0 Å². The fourth-order valence-electron chi connectivity index (χ4n) is 1.80. The first kappa shape index (κ1) is 13.6.